The maximum Gasteiger partial charge on any atom is 0.307 e. The van der Waals surface area contributed by atoms with Gasteiger partial charge in [-0.3, -0.25) is 14.7 Å². The van der Waals surface area contributed by atoms with Crippen LogP contribution < -0.4 is 5.32 Å². The van der Waals surface area contributed by atoms with Gasteiger partial charge in [-0.15, -0.1) is 0 Å². The van der Waals surface area contributed by atoms with E-state index in [1.54, 1.807) is 0 Å². The lowest BCUT2D eigenvalue weighted by Crippen LogP contribution is -2.62. The smallest absolute Gasteiger partial charge is 0.307 e. The second kappa shape index (κ2) is 5.98. The standard InChI is InChI=1S/C17H19FN4O2/c1-10-15(11-3-6-22(10)7-4-11)21-16(23)17-20-9-14(24-17)13-8-12(18)2-5-19-13/h2,5,8-11,15H,3-4,6-7H2,1H3,(H,21,23). The summed E-state index contributed by atoms with van der Waals surface area (Å²) in [7, 11) is 0. The Hall–Kier alpha value is -2.28. The Bertz CT molecular complexity index is 753. The first-order valence-electron chi connectivity index (χ1n) is 8.24. The van der Waals surface area contributed by atoms with Gasteiger partial charge in [-0.2, -0.15) is 0 Å². The lowest BCUT2D eigenvalue weighted by atomic mass is 9.79. The number of amides is 1. The van der Waals surface area contributed by atoms with Crippen molar-refractivity contribution in [1.29, 1.82) is 0 Å². The first-order chi connectivity index (χ1) is 11.6. The normalized spacial score (nSPS) is 28.8. The predicted molar refractivity (Wildman–Crippen MR) is 84.7 cm³/mol. The topological polar surface area (TPSA) is 71.3 Å². The molecule has 24 heavy (non-hydrogen) atoms. The average Bonchev–Trinajstić information content (AvgIpc) is 3.09. The van der Waals surface area contributed by atoms with E-state index < -0.39 is 5.82 Å². The van der Waals surface area contributed by atoms with Crippen LogP contribution in [0, 0.1) is 11.7 Å². The Morgan fingerprint density at radius 1 is 1.38 bits per heavy atom. The van der Waals surface area contributed by atoms with Crippen molar-refractivity contribution in [2.75, 3.05) is 13.1 Å². The molecule has 3 aliphatic heterocycles. The molecule has 2 aromatic heterocycles. The van der Waals surface area contributed by atoms with Crippen molar-refractivity contribution >= 4 is 5.91 Å². The summed E-state index contributed by atoms with van der Waals surface area (Å²) in [5, 5.41) is 3.06. The number of nitrogens with one attached hydrogen (secondary N) is 1. The van der Waals surface area contributed by atoms with E-state index >= 15 is 0 Å². The molecule has 5 rings (SSSR count). The molecule has 3 saturated heterocycles. The van der Waals surface area contributed by atoms with Crippen molar-refractivity contribution in [3.8, 4) is 11.5 Å². The molecule has 0 spiro atoms. The minimum absolute atomic E-state index is 0.0142. The van der Waals surface area contributed by atoms with Crippen molar-refractivity contribution < 1.29 is 13.6 Å². The van der Waals surface area contributed by atoms with Gasteiger partial charge in [0.15, 0.2) is 5.76 Å². The van der Waals surface area contributed by atoms with Crippen molar-refractivity contribution in [2.45, 2.75) is 31.8 Å². The van der Waals surface area contributed by atoms with Crippen LogP contribution in [0.5, 0.6) is 0 Å². The molecule has 2 bridgehead atoms. The van der Waals surface area contributed by atoms with Gasteiger partial charge in [0, 0.05) is 24.3 Å². The number of oxazole rings is 1. The lowest BCUT2D eigenvalue weighted by Gasteiger charge is -2.49. The zero-order valence-electron chi connectivity index (χ0n) is 13.4. The molecule has 3 aliphatic rings. The van der Waals surface area contributed by atoms with E-state index in [9.17, 15) is 9.18 Å². The minimum Gasteiger partial charge on any atom is -0.431 e. The van der Waals surface area contributed by atoms with Crippen molar-refractivity contribution in [1.82, 2.24) is 20.2 Å². The highest BCUT2D eigenvalue weighted by Gasteiger charge is 2.40. The number of piperidine rings is 3. The van der Waals surface area contributed by atoms with Gasteiger partial charge in [-0.1, -0.05) is 0 Å². The molecule has 5 heterocycles. The maximum absolute atomic E-state index is 13.3. The number of rotatable bonds is 3. The fraction of sp³-hybridized carbons (Fsp3) is 0.471. The molecule has 0 aromatic carbocycles. The molecule has 0 aliphatic carbocycles. The predicted octanol–water partition coefficient (Wildman–Crippen LogP) is 2.09. The summed E-state index contributed by atoms with van der Waals surface area (Å²) < 4.78 is 18.7. The molecule has 126 valence electrons. The van der Waals surface area contributed by atoms with Crippen LogP contribution in [0.15, 0.2) is 28.9 Å². The van der Waals surface area contributed by atoms with Gasteiger partial charge in [0.2, 0.25) is 0 Å². The zero-order valence-corrected chi connectivity index (χ0v) is 13.4. The van der Waals surface area contributed by atoms with Crippen LogP contribution in [-0.4, -0.2) is 45.9 Å². The largest absolute Gasteiger partial charge is 0.431 e. The molecule has 6 nitrogen and oxygen atoms in total. The van der Waals surface area contributed by atoms with Gasteiger partial charge in [0.05, 0.1) is 6.20 Å². The number of fused-ring (bicyclic) bond motifs is 3. The molecule has 1 N–H and O–H groups in total. The van der Waals surface area contributed by atoms with E-state index in [1.165, 1.54) is 24.5 Å². The van der Waals surface area contributed by atoms with Crippen LogP contribution in [0.3, 0.4) is 0 Å². The van der Waals surface area contributed by atoms with Crippen molar-refractivity contribution in [2.24, 2.45) is 5.92 Å². The molecule has 0 saturated carbocycles. The van der Waals surface area contributed by atoms with E-state index in [1.807, 2.05) is 0 Å². The molecule has 7 heteroatoms. The van der Waals surface area contributed by atoms with E-state index in [0.29, 0.717) is 17.7 Å². The lowest BCUT2D eigenvalue weighted by molar-refractivity contribution is 0.0210. The highest BCUT2D eigenvalue weighted by molar-refractivity contribution is 5.90. The first-order valence-corrected chi connectivity index (χ1v) is 8.24. The summed E-state index contributed by atoms with van der Waals surface area (Å²) >= 11 is 0. The summed E-state index contributed by atoms with van der Waals surface area (Å²) in [5.74, 6) is 0.0290. The van der Waals surface area contributed by atoms with Crippen LogP contribution in [-0.2, 0) is 0 Å². The Labute approximate surface area is 139 Å². The van der Waals surface area contributed by atoms with Gasteiger partial charge >= 0.3 is 5.91 Å². The third-order valence-electron chi connectivity index (χ3n) is 5.15. The summed E-state index contributed by atoms with van der Waals surface area (Å²) in [4.78, 5) is 22.9. The average molecular weight is 330 g/mol. The zero-order chi connectivity index (χ0) is 16.7. The van der Waals surface area contributed by atoms with Crippen molar-refractivity contribution in [3.63, 3.8) is 0 Å². The number of hydrogen-bond donors (Lipinski definition) is 1. The second-order valence-electron chi connectivity index (χ2n) is 6.50. The molecule has 2 unspecified atom stereocenters. The van der Waals surface area contributed by atoms with Crippen LogP contribution in [0.2, 0.25) is 0 Å². The minimum atomic E-state index is -0.413. The second-order valence-corrected chi connectivity index (χ2v) is 6.50. The highest BCUT2D eigenvalue weighted by atomic mass is 19.1. The quantitative estimate of drug-likeness (QED) is 0.933. The number of halogens is 1. The third kappa shape index (κ3) is 2.69. The fourth-order valence-electron chi connectivity index (χ4n) is 3.80. The Morgan fingerprint density at radius 3 is 2.88 bits per heavy atom. The van der Waals surface area contributed by atoms with E-state index in [2.05, 4.69) is 27.1 Å². The number of carbonyl (C=O) groups excluding carboxylic acids is 1. The Balaban J connectivity index is 1.49. The monoisotopic (exact) mass is 330 g/mol. The molecule has 0 radical (unpaired) electrons. The first kappa shape index (κ1) is 15.3. The number of nitrogens with zero attached hydrogens (tertiary/aromatic N) is 3. The molecular weight excluding hydrogens is 311 g/mol. The number of aromatic nitrogens is 2. The number of carbonyl (C=O) groups is 1. The SMILES string of the molecule is CC1C(NC(=O)c2ncc(-c3cc(F)ccn3)o2)C2CCN1CC2. The van der Waals surface area contributed by atoms with E-state index in [-0.39, 0.29) is 23.6 Å². The van der Waals surface area contributed by atoms with Gasteiger partial charge in [0.1, 0.15) is 11.5 Å². The molecule has 3 fully saturated rings. The van der Waals surface area contributed by atoms with E-state index in [0.717, 1.165) is 25.9 Å². The Kier molecular flexibility index (Phi) is 3.80. The molecule has 2 atom stereocenters. The van der Waals surface area contributed by atoms with Gasteiger partial charge < -0.3 is 9.73 Å². The number of hydrogen-bond acceptors (Lipinski definition) is 5. The van der Waals surface area contributed by atoms with E-state index in [4.69, 9.17) is 4.42 Å². The van der Waals surface area contributed by atoms with Gasteiger partial charge in [-0.25, -0.2) is 9.37 Å². The number of pyridine rings is 1. The molecule has 2 aromatic rings. The van der Waals surface area contributed by atoms with Crippen molar-refractivity contribution in [3.05, 3.63) is 36.2 Å². The van der Waals surface area contributed by atoms with Crippen LogP contribution in [0.1, 0.15) is 30.5 Å². The Morgan fingerprint density at radius 2 is 2.17 bits per heavy atom. The van der Waals surface area contributed by atoms with Gasteiger partial charge in [-0.05, 0) is 44.8 Å². The van der Waals surface area contributed by atoms with Gasteiger partial charge in [0.25, 0.3) is 5.89 Å². The summed E-state index contributed by atoms with van der Waals surface area (Å²) in [6, 6.07) is 2.93. The summed E-state index contributed by atoms with van der Waals surface area (Å²) in [5.41, 5.74) is 0.317. The van der Waals surface area contributed by atoms with Crippen LogP contribution in [0.25, 0.3) is 11.5 Å². The summed E-state index contributed by atoms with van der Waals surface area (Å²) in [6.45, 7) is 4.35. The summed E-state index contributed by atoms with van der Waals surface area (Å²) in [6.07, 6.45) is 4.97. The van der Waals surface area contributed by atoms with Crippen LogP contribution in [0.4, 0.5) is 4.39 Å². The fourth-order valence-corrected chi connectivity index (χ4v) is 3.80. The maximum atomic E-state index is 13.3. The molecular formula is C17H19FN4O2. The third-order valence-corrected chi connectivity index (χ3v) is 5.15. The highest BCUT2D eigenvalue weighted by Crippen LogP contribution is 2.32. The van der Waals surface area contributed by atoms with Crippen LogP contribution >= 0.6 is 0 Å². The molecule has 1 amide bonds.